The molecule has 0 spiro atoms. The van der Waals surface area contributed by atoms with Gasteiger partial charge in [-0.05, 0) is 68.8 Å². The zero-order valence-electron chi connectivity index (χ0n) is 25.2. The molecule has 0 atom stereocenters. The maximum absolute atomic E-state index is 10.2. The lowest BCUT2D eigenvalue weighted by atomic mass is 9.83. The molecule has 4 aromatic rings. The summed E-state index contributed by atoms with van der Waals surface area (Å²) in [4.78, 5) is 0. The van der Waals surface area contributed by atoms with Crippen LogP contribution in [0, 0.1) is 113 Å². The van der Waals surface area contributed by atoms with Gasteiger partial charge in [0.05, 0.1) is 33.4 Å². The van der Waals surface area contributed by atoms with E-state index in [0.717, 1.165) is 0 Å². The third-order valence-electron chi connectivity index (χ3n) is 8.47. The molecule has 6 rings (SSSR count). The van der Waals surface area contributed by atoms with E-state index in [1.54, 1.807) is 36.4 Å². The Hall–Kier alpha value is -9.00. The van der Waals surface area contributed by atoms with E-state index in [1.165, 1.54) is 24.3 Å². The Morgan fingerprint density at radius 2 is 0.680 bits per heavy atom. The Morgan fingerprint density at radius 3 is 0.940 bits per heavy atom. The average molecular weight is 631 g/mol. The molecular weight excluding hydrogens is 621 g/mol. The van der Waals surface area contributed by atoms with Gasteiger partial charge in [-0.15, -0.1) is 0 Å². The third-order valence-corrected chi connectivity index (χ3v) is 8.47. The minimum Gasteiger partial charge on any atom is -0.192 e. The molecule has 4 aromatic carbocycles. The Kier molecular flexibility index (Phi) is 7.48. The van der Waals surface area contributed by atoms with Crippen molar-refractivity contribution < 1.29 is 0 Å². The fourth-order valence-corrected chi connectivity index (χ4v) is 6.54. The van der Waals surface area contributed by atoms with Crippen molar-refractivity contribution in [3.05, 3.63) is 127 Å². The molecule has 2 aliphatic rings. The highest BCUT2D eigenvalue weighted by Crippen LogP contribution is 2.62. The van der Waals surface area contributed by atoms with Crippen LogP contribution in [-0.2, 0) is 0 Å². The van der Waals surface area contributed by atoms with Gasteiger partial charge in [0.2, 0.25) is 0 Å². The number of rotatable bonds is 2. The van der Waals surface area contributed by atoms with Gasteiger partial charge < -0.3 is 0 Å². The lowest BCUT2D eigenvalue weighted by molar-refractivity contribution is 1.39. The molecule has 0 N–H and O–H groups in total. The average Bonchev–Trinajstić information content (AvgIpc) is 3.67. The lowest BCUT2D eigenvalue weighted by Gasteiger charge is -2.18. The Labute approximate surface area is 284 Å². The topological polar surface area (TPSA) is 238 Å². The van der Waals surface area contributed by atoms with E-state index in [0.29, 0.717) is 55.7 Å². The smallest absolute Gasteiger partial charge is 0.138 e. The number of hydrogen-bond acceptors (Lipinski definition) is 10. The van der Waals surface area contributed by atoms with Crippen LogP contribution in [0.5, 0.6) is 0 Å². The molecule has 10 heteroatoms. The molecule has 0 heterocycles. The first-order valence-electron chi connectivity index (χ1n) is 14.3. The number of benzene rings is 4. The van der Waals surface area contributed by atoms with Crippen molar-refractivity contribution in [3.8, 4) is 82.9 Å². The quantitative estimate of drug-likeness (QED) is 0.210. The molecule has 0 saturated heterocycles. The van der Waals surface area contributed by atoms with E-state index in [1.807, 2.05) is 60.7 Å². The van der Waals surface area contributed by atoms with Crippen LogP contribution in [0.3, 0.4) is 0 Å². The molecular formula is C40H10N10. The first kappa shape index (κ1) is 31.0. The van der Waals surface area contributed by atoms with Gasteiger partial charge >= 0.3 is 0 Å². The van der Waals surface area contributed by atoms with Gasteiger partial charge in [0.1, 0.15) is 71.8 Å². The fourth-order valence-electron chi connectivity index (χ4n) is 6.54. The summed E-state index contributed by atoms with van der Waals surface area (Å²) in [5, 5.41) is 99.8. The summed E-state index contributed by atoms with van der Waals surface area (Å²) >= 11 is 0. The van der Waals surface area contributed by atoms with Gasteiger partial charge in [-0.3, -0.25) is 0 Å². The summed E-state index contributed by atoms with van der Waals surface area (Å²) < 4.78 is 0. The molecule has 0 aliphatic heterocycles. The number of nitriles is 10. The third kappa shape index (κ3) is 4.26. The van der Waals surface area contributed by atoms with Crippen molar-refractivity contribution in [2.45, 2.75) is 0 Å². The summed E-state index contributed by atoms with van der Waals surface area (Å²) in [6, 6.07) is 35.3. The predicted octanol–water partition coefficient (Wildman–Crippen LogP) is 6.79. The largest absolute Gasteiger partial charge is 0.192 e. The standard InChI is InChI=1S/C40H10N10/c41-11-23-7-21(8-24(12-42)33(23)19-49)29-3-1-5-31-35(27(15-45)16-46)39-38-30(22-9-25(13-43)34(20-50)26(10-22)14-44)4-2-6-32(38)36(28(17-47)18-48)40(39)37(29)31/h1-10H. The second kappa shape index (κ2) is 12.1. The normalized spacial score (nSPS) is 11.2. The summed E-state index contributed by atoms with van der Waals surface area (Å²) in [5.41, 5.74) is 3.27. The van der Waals surface area contributed by atoms with Gasteiger partial charge in [-0.25, -0.2) is 0 Å². The van der Waals surface area contributed by atoms with Crippen LogP contribution in [0.2, 0.25) is 0 Å². The summed E-state index contributed by atoms with van der Waals surface area (Å²) in [6.45, 7) is 0. The molecule has 0 saturated carbocycles. The predicted molar refractivity (Wildman–Crippen MR) is 175 cm³/mol. The second-order valence-corrected chi connectivity index (χ2v) is 10.7. The van der Waals surface area contributed by atoms with Crippen LogP contribution < -0.4 is 0 Å². The first-order chi connectivity index (χ1) is 24.4. The zero-order valence-corrected chi connectivity index (χ0v) is 25.2. The van der Waals surface area contributed by atoms with Gasteiger partial charge in [0.25, 0.3) is 0 Å². The zero-order chi connectivity index (χ0) is 35.7. The molecule has 2 aliphatic carbocycles. The molecule has 220 valence electrons. The molecule has 0 aromatic heterocycles. The fraction of sp³-hybridized carbons (Fsp3) is 0. The number of fused-ring (bicyclic) bond motifs is 4. The minimum atomic E-state index is -0.281. The van der Waals surface area contributed by atoms with Crippen molar-refractivity contribution in [2.24, 2.45) is 0 Å². The van der Waals surface area contributed by atoms with Crippen molar-refractivity contribution in [2.75, 3.05) is 0 Å². The van der Waals surface area contributed by atoms with Crippen LogP contribution in [0.1, 0.15) is 55.6 Å². The minimum absolute atomic E-state index is 0.0539. The van der Waals surface area contributed by atoms with Gasteiger partial charge in [-0.2, -0.15) is 52.6 Å². The Balaban J connectivity index is 1.84. The molecule has 50 heavy (non-hydrogen) atoms. The molecule has 0 fully saturated rings. The van der Waals surface area contributed by atoms with Crippen molar-refractivity contribution in [3.63, 3.8) is 0 Å². The van der Waals surface area contributed by atoms with Gasteiger partial charge in [0, 0.05) is 22.3 Å². The highest BCUT2D eigenvalue weighted by Gasteiger charge is 2.42. The summed E-state index contributed by atoms with van der Waals surface area (Å²) in [7, 11) is 0. The van der Waals surface area contributed by atoms with Crippen LogP contribution in [0.15, 0.2) is 71.8 Å². The van der Waals surface area contributed by atoms with Crippen molar-refractivity contribution in [1.82, 2.24) is 0 Å². The Morgan fingerprint density at radius 1 is 0.380 bits per heavy atom. The first-order valence-corrected chi connectivity index (χ1v) is 14.3. The molecule has 0 amide bonds. The SMILES string of the molecule is N#CC(C#N)=C1C2=C(C(=C(C#N)C#N)c3cccc(-c4cc(C#N)c(C#N)c(C#N)c4)c32)c2c1cccc2-c1cc(C#N)c(C#N)c(C#N)c1. The van der Waals surface area contributed by atoms with E-state index in [4.69, 9.17) is 0 Å². The summed E-state index contributed by atoms with van der Waals surface area (Å²) in [6.07, 6.45) is 0. The van der Waals surface area contributed by atoms with Gasteiger partial charge in [-0.1, -0.05) is 36.4 Å². The van der Waals surface area contributed by atoms with Crippen LogP contribution >= 0.6 is 0 Å². The molecule has 10 nitrogen and oxygen atoms in total. The van der Waals surface area contributed by atoms with Crippen LogP contribution in [-0.4, -0.2) is 0 Å². The summed E-state index contributed by atoms with van der Waals surface area (Å²) in [5.74, 6) is 0. The van der Waals surface area contributed by atoms with E-state index in [9.17, 15) is 52.6 Å². The van der Waals surface area contributed by atoms with Crippen LogP contribution in [0.25, 0.3) is 44.5 Å². The maximum atomic E-state index is 10.2. The monoisotopic (exact) mass is 630 g/mol. The lowest BCUT2D eigenvalue weighted by Crippen LogP contribution is -2.00. The highest BCUT2D eigenvalue weighted by molar-refractivity contribution is 6.39. The van der Waals surface area contributed by atoms with Crippen LogP contribution in [0.4, 0.5) is 0 Å². The maximum Gasteiger partial charge on any atom is 0.138 e. The Bertz CT molecular complexity index is 2560. The van der Waals surface area contributed by atoms with E-state index in [-0.39, 0.29) is 55.7 Å². The second-order valence-electron chi connectivity index (χ2n) is 10.7. The van der Waals surface area contributed by atoms with Crippen molar-refractivity contribution >= 4 is 22.3 Å². The number of nitrogens with zero attached hydrogens (tertiary/aromatic N) is 10. The highest BCUT2D eigenvalue weighted by atomic mass is 14.5. The van der Waals surface area contributed by atoms with E-state index in [2.05, 4.69) is 0 Å². The number of hydrogen-bond donors (Lipinski definition) is 0. The van der Waals surface area contributed by atoms with E-state index >= 15 is 0 Å². The molecule has 0 unspecified atom stereocenters. The van der Waals surface area contributed by atoms with Gasteiger partial charge in [0.15, 0.2) is 0 Å². The molecule has 0 bridgehead atoms. The molecule has 0 radical (unpaired) electrons. The van der Waals surface area contributed by atoms with Crippen molar-refractivity contribution in [1.29, 1.82) is 52.6 Å². The van der Waals surface area contributed by atoms with E-state index < -0.39 is 0 Å². The number of allylic oxidation sites excluding steroid dienone is 6.